The Balaban J connectivity index is 0.000000509. The number of rotatable bonds is 1. The molecule has 16 heavy (non-hydrogen) atoms. The van der Waals surface area contributed by atoms with Crippen molar-refractivity contribution in [3.63, 3.8) is 0 Å². The number of ether oxygens (including phenoxy) is 1. The Labute approximate surface area is 101 Å². The minimum atomic E-state index is 0.366. The van der Waals surface area contributed by atoms with Crippen molar-refractivity contribution in [3.8, 4) is 0 Å². The van der Waals surface area contributed by atoms with Crippen LogP contribution in [-0.4, -0.2) is 6.61 Å². The van der Waals surface area contributed by atoms with Gasteiger partial charge in [0.25, 0.3) is 0 Å². The SMILES string of the molecule is CC.CC.Cc1ccc([C@@H]2CCCO2)cc1. The van der Waals surface area contributed by atoms with Crippen LogP contribution in [0.1, 0.15) is 57.8 Å². The minimum absolute atomic E-state index is 0.366. The fourth-order valence-corrected chi connectivity index (χ4v) is 1.62. The molecule has 0 bridgehead atoms. The minimum Gasteiger partial charge on any atom is -0.374 e. The Hall–Kier alpha value is -0.820. The molecule has 1 heterocycles. The zero-order valence-corrected chi connectivity index (χ0v) is 11.4. The maximum Gasteiger partial charge on any atom is 0.0825 e. The smallest absolute Gasteiger partial charge is 0.0825 e. The maximum atomic E-state index is 5.58. The molecule has 1 fully saturated rings. The zero-order chi connectivity index (χ0) is 12.4. The van der Waals surface area contributed by atoms with E-state index in [9.17, 15) is 0 Å². The summed E-state index contributed by atoms with van der Waals surface area (Å²) in [5, 5.41) is 0. The Morgan fingerprint density at radius 1 is 1.00 bits per heavy atom. The van der Waals surface area contributed by atoms with Gasteiger partial charge in [0, 0.05) is 6.61 Å². The van der Waals surface area contributed by atoms with E-state index in [2.05, 4.69) is 31.2 Å². The van der Waals surface area contributed by atoms with Crippen molar-refractivity contribution < 1.29 is 4.74 Å². The molecule has 1 aromatic rings. The summed E-state index contributed by atoms with van der Waals surface area (Å²) in [5.74, 6) is 0. The average Bonchev–Trinajstić information content (AvgIpc) is 2.89. The van der Waals surface area contributed by atoms with Crippen molar-refractivity contribution in [2.75, 3.05) is 6.61 Å². The van der Waals surface area contributed by atoms with Gasteiger partial charge in [0.15, 0.2) is 0 Å². The molecule has 0 aromatic heterocycles. The Morgan fingerprint density at radius 2 is 1.56 bits per heavy atom. The molecular weight excluding hydrogens is 196 g/mol. The predicted molar refractivity (Wildman–Crippen MR) is 71.8 cm³/mol. The molecular formula is C15H26O. The molecule has 0 N–H and O–H groups in total. The van der Waals surface area contributed by atoms with Crippen LogP contribution in [0, 0.1) is 6.92 Å². The number of hydrogen-bond acceptors (Lipinski definition) is 1. The predicted octanol–water partition coefficient (Wildman–Crippen LogP) is 4.90. The van der Waals surface area contributed by atoms with Gasteiger partial charge in [-0.3, -0.25) is 0 Å². The molecule has 92 valence electrons. The van der Waals surface area contributed by atoms with Gasteiger partial charge in [0.05, 0.1) is 6.10 Å². The third-order valence-corrected chi connectivity index (χ3v) is 2.38. The summed E-state index contributed by atoms with van der Waals surface area (Å²) in [6.45, 7) is 11.0. The van der Waals surface area contributed by atoms with Crippen molar-refractivity contribution in [1.29, 1.82) is 0 Å². The van der Waals surface area contributed by atoms with E-state index >= 15 is 0 Å². The van der Waals surface area contributed by atoms with E-state index in [1.54, 1.807) is 0 Å². The van der Waals surface area contributed by atoms with Gasteiger partial charge in [-0.2, -0.15) is 0 Å². The van der Waals surface area contributed by atoms with E-state index in [1.165, 1.54) is 24.0 Å². The lowest BCUT2D eigenvalue weighted by Gasteiger charge is -2.08. The molecule has 1 aliphatic rings. The van der Waals surface area contributed by atoms with Gasteiger partial charge in [-0.25, -0.2) is 0 Å². The molecule has 0 radical (unpaired) electrons. The van der Waals surface area contributed by atoms with E-state index in [0.29, 0.717) is 6.10 Å². The lowest BCUT2D eigenvalue weighted by atomic mass is 10.1. The molecule has 1 heteroatoms. The second-order valence-electron chi connectivity index (χ2n) is 3.41. The lowest BCUT2D eigenvalue weighted by molar-refractivity contribution is 0.112. The summed E-state index contributed by atoms with van der Waals surface area (Å²) in [6.07, 6.45) is 2.76. The van der Waals surface area contributed by atoms with Crippen LogP contribution in [0.25, 0.3) is 0 Å². The molecule has 2 rings (SSSR count). The van der Waals surface area contributed by atoms with Gasteiger partial charge in [0.2, 0.25) is 0 Å². The van der Waals surface area contributed by atoms with Crippen LogP contribution in [0.15, 0.2) is 24.3 Å². The fourth-order valence-electron chi connectivity index (χ4n) is 1.62. The molecule has 0 amide bonds. The average molecular weight is 222 g/mol. The van der Waals surface area contributed by atoms with Crippen molar-refractivity contribution in [2.24, 2.45) is 0 Å². The van der Waals surface area contributed by atoms with Gasteiger partial charge in [-0.05, 0) is 25.3 Å². The molecule has 1 aromatic carbocycles. The van der Waals surface area contributed by atoms with Gasteiger partial charge in [-0.15, -0.1) is 0 Å². The summed E-state index contributed by atoms with van der Waals surface area (Å²) in [5.41, 5.74) is 2.65. The highest BCUT2D eigenvalue weighted by atomic mass is 16.5. The van der Waals surface area contributed by atoms with E-state index in [-0.39, 0.29) is 0 Å². The first-order valence-corrected chi connectivity index (χ1v) is 6.54. The van der Waals surface area contributed by atoms with E-state index in [4.69, 9.17) is 4.74 Å². The highest BCUT2D eigenvalue weighted by Crippen LogP contribution is 2.28. The first-order valence-electron chi connectivity index (χ1n) is 6.54. The van der Waals surface area contributed by atoms with Gasteiger partial charge < -0.3 is 4.74 Å². The summed E-state index contributed by atoms with van der Waals surface area (Å²) in [6, 6.07) is 8.64. The standard InChI is InChI=1S/C11H14O.2C2H6/c1-9-4-6-10(7-5-9)11-3-2-8-12-11;2*1-2/h4-7,11H,2-3,8H2,1H3;2*1-2H3/t11-;;/m0../s1. The fraction of sp³-hybridized carbons (Fsp3) is 0.600. The highest BCUT2D eigenvalue weighted by molar-refractivity contribution is 5.23. The Kier molecular flexibility index (Phi) is 8.93. The lowest BCUT2D eigenvalue weighted by Crippen LogP contribution is -1.94. The number of hydrogen-bond donors (Lipinski definition) is 0. The zero-order valence-electron chi connectivity index (χ0n) is 11.4. The summed E-state index contributed by atoms with van der Waals surface area (Å²) < 4.78 is 5.58. The van der Waals surface area contributed by atoms with Crippen LogP contribution >= 0.6 is 0 Å². The number of aryl methyl sites for hydroxylation is 1. The molecule has 0 spiro atoms. The third-order valence-electron chi connectivity index (χ3n) is 2.38. The largest absolute Gasteiger partial charge is 0.374 e. The highest BCUT2D eigenvalue weighted by Gasteiger charge is 2.16. The van der Waals surface area contributed by atoms with E-state index in [1.807, 2.05) is 27.7 Å². The third kappa shape index (κ3) is 4.80. The molecule has 0 saturated carbocycles. The van der Waals surface area contributed by atoms with Crippen LogP contribution in [0.3, 0.4) is 0 Å². The van der Waals surface area contributed by atoms with E-state index in [0.717, 1.165) is 6.61 Å². The molecule has 0 unspecified atom stereocenters. The van der Waals surface area contributed by atoms with Gasteiger partial charge in [0.1, 0.15) is 0 Å². The topological polar surface area (TPSA) is 9.23 Å². The van der Waals surface area contributed by atoms with E-state index < -0.39 is 0 Å². The van der Waals surface area contributed by atoms with Crippen LogP contribution in [0.4, 0.5) is 0 Å². The van der Waals surface area contributed by atoms with Crippen LogP contribution in [0.5, 0.6) is 0 Å². The molecule has 0 aliphatic carbocycles. The van der Waals surface area contributed by atoms with Crippen LogP contribution < -0.4 is 0 Å². The summed E-state index contributed by atoms with van der Waals surface area (Å²) in [7, 11) is 0. The van der Waals surface area contributed by atoms with Gasteiger partial charge in [-0.1, -0.05) is 57.5 Å². The monoisotopic (exact) mass is 222 g/mol. The molecule has 1 nitrogen and oxygen atoms in total. The molecule has 1 aliphatic heterocycles. The number of benzene rings is 1. The van der Waals surface area contributed by atoms with Crippen LogP contribution in [0.2, 0.25) is 0 Å². The van der Waals surface area contributed by atoms with Crippen molar-refractivity contribution in [3.05, 3.63) is 35.4 Å². The van der Waals surface area contributed by atoms with Gasteiger partial charge >= 0.3 is 0 Å². The molecule has 1 saturated heterocycles. The first-order chi connectivity index (χ1) is 7.86. The summed E-state index contributed by atoms with van der Waals surface area (Å²) in [4.78, 5) is 0. The Morgan fingerprint density at radius 3 is 2.00 bits per heavy atom. The van der Waals surface area contributed by atoms with Crippen molar-refractivity contribution in [2.45, 2.75) is 53.6 Å². The maximum absolute atomic E-state index is 5.58. The Bertz CT molecular complexity index is 245. The van der Waals surface area contributed by atoms with Crippen molar-refractivity contribution >= 4 is 0 Å². The quantitative estimate of drug-likeness (QED) is 0.656. The van der Waals surface area contributed by atoms with Crippen LogP contribution in [-0.2, 0) is 4.74 Å². The summed E-state index contributed by atoms with van der Waals surface area (Å²) >= 11 is 0. The van der Waals surface area contributed by atoms with Crippen molar-refractivity contribution in [1.82, 2.24) is 0 Å². The molecule has 1 atom stereocenters. The second kappa shape index (κ2) is 9.41. The second-order valence-corrected chi connectivity index (χ2v) is 3.41. The first kappa shape index (κ1) is 15.2. The normalized spacial score (nSPS) is 17.9.